The Kier molecular flexibility index (Phi) is 2.86. The van der Waals surface area contributed by atoms with Crippen molar-refractivity contribution in [3.8, 4) is 5.69 Å². The summed E-state index contributed by atoms with van der Waals surface area (Å²) in [6.07, 6.45) is 0. The molecule has 0 atom stereocenters. The lowest BCUT2D eigenvalue weighted by Gasteiger charge is -2.05. The van der Waals surface area contributed by atoms with Crippen molar-refractivity contribution in [3.63, 3.8) is 0 Å². The van der Waals surface area contributed by atoms with Gasteiger partial charge < -0.3 is 5.73 Å². The van der Waals surface area contributed by atoms with E-state index in [1.807, 2.05) is 0 Å². The molecule has 15 heavy (non-hydrogen) atoms. The molecule has 0 aliphatic heterocycles. The topological polar surface area (TPSA) is 69.6 Å². The van der Waals surface area contributed by atoms with Gasteiger partial charge in [-0.3, -0.25) is 0 Å². The smallest absolute Gasteiger partial charge is 0.170 e. The lowest BCUT2D eigenvalue weighted by molar-refractivity contribution is 0.761. The molecule has 2 aromatic rings. The summed E-state index contributed by atoms with van der Waals surface area (Å²) in [6, 6.07) is 5.07. The maximum absolute atomic E-state index is 6.01. The van der Waals surface area contributed by atoms with E-state index in [-0.39, 0.29) is 6.54 Å². The summed E-state index contributed by atoms with van der Waals surface area (Å²) < 4.78 is 1.48. The van der Waals surface area contributed by atoms with Gasteiger partial charge in [-0.15, -0.1) is 5.10 Å². The summed E-state index contributed by atoms with van der Waals surface area (Å²) in [5, 5.41) is 12.1. The molecule has 7 heteroatoms. The van der Waals surface area contributed by atoms with Crippen LogP contribution in [0.4, 0.5) is 0 Å². The van der Waals surface area contributed by atoms with E-state index in [2.05, 4.69) is 15.5 Å². The van der Waals surface area contributed by atoms with E-state index >= 15 is 0 Å². The van der Waals surface area contributed by atoms with Crippen LogP contribution >= 0.6 is 23.2 Å². The van der Waals surface area contributed by atoms with Crippen LogP contribution in [-0.4, -0.2) is 20.2 Å². The molecule has 0 amide bonds. The zero-order valence-electron chi connectivity index (χ0n) is 7.56. The standard InChI is InChI=1S/C8H7Cl2N5/c9-5-1-2-7(6(10)3-5)15-8(4-11)12-13-14-15/h1-3H,4,11H2. The van der Waals surface area contributed by atoms with Crippen molar-refractivity contribution in [1.29, 1.82) is 0 Å². The predicted octanol–water partition coefficient (Wildman–Crippen LogP) is 1.43. The van der Waals surface area contributed by atoms with Crippen molar-refractivity contribution < 1.29 is 0 Å². The van der Waals surface area contributed by atoms with E-state index in [0.717, 1.165) is 0 Å². The largest absolute Gasteiger partial charge is 0.324 e. The highest BCUT2D eigenvalue weighted by Gasteiger charge is 2.09. The van der Waals surface area contributed by atoms with Crippen LogP contribution in [0.15, 0.2) is 18.2 Å². The molecule has 2 N–H and O–H groups in total. The van der Waals surface area contributed by atoms with E-state index in [4.69, 9.17) is 28.9 Å². The Balaban J connectivity index is 2.54. The second kappa shape index (κ2) is 4.14. The first-order valence-electron chi connectivity index (χ1n) is 4.15. The number of hydrogen-bond acceptors (Lipinski definition) is 4. The van der Waals surface area contributed by atoms with Crippen molar-refractivity contribution in [2.24, 2.45) is 5.73 Å². The third-order valence-corrected chi connectivity index (χ3v) is 2.39. The molecule has 0 aliphatic rings. The molecule has 0 unspecified atom stereocenters. The normalized spacial score (nSPS) is 10.6. The molecule has 0 fully saturated rings. The van der Waals surface area contributed by atoms with E-state index in [1.165, 1.54) is 4.68 Å². The lowest BCUT2D eigenvalue weighted by atomic mass is 10.3. The zero-order valence-corrected chi connectivity index (χ0v) is 9.07. The molecule has 0 aliphatic carbocycles. The lowest BCUT2D eigenvalue weighted by Crippen LogP contribution is -2.08. The highest BCUT2D eigenvalue weighted by atomic mass is 35.5. The molecule has 78 valence electrons. The number of rotatable bonds is 2. The molecule has 1 aromatic carbocycles. The van der Waals surface area contributed by atoms with Crippen LogP contribution in [0.1, 0.15) is 5.82 Å². The van der Waals surface area contributed by atoms with Crippen molar-refractivity contribution in [2.75, 3.05) is 0 Å². The van der Waals surface area contributed by atoms with Crippen LogP contribution in [-0.2, 0) is 6.54 Å². The van der Waals surface area contributed by atoms with Gasteiger partial charge in [0.15, 0.2) is 5.82 Å². The average molecular weight is 244 g/mol. The third kappa shape index (κ3) is 1.94. The fourth-order valence-electron chi connectivity index (χ4n) is 1.17. The van der Waals surface area contributed by atoms with Gasteiger partial charge in [-0.2, -0.15) is 4.68 Å². The first-order chi connectivity index (χ1) is 7.22. The minimum atomic E-state index is 0.242. The van der Waals surface area contributed by atoms with E-state index in [0.29, 0.717) is 21.6 Å². The molecule has 0 saturated heterocycles. The highest BCUT2D eigenvalue weighted by Crippen LogP contribution is 2.23. The Hall–Kier alpha value is -1.17. The summed E-state index contributed by atoms with van der Waals surface area (Å²) in [4.78, 5) is 0. The van der Waals surface area contributed by atoms with Crippen molar-refractivity contribution in [3.05, 3.63) is 34.1 Å². The second-order valence-electron chi connectivity index (χ2n) is 2.81. The number of aromatic nitrogens is 4. The Bertz CT molecular complexity index is 482. The van der Waals surface area contributed by atoms with Gasteiger partial charge in [0.1, 0.15) is 0 Å². The van der Waals surface area contributed by atoms with E-state index < -0.39 is 0 Å². The molecule has 0 saturated carbocycles. The fraction of sp³-hybridized carbons (Fsp3) is 0.125. The molecule has 1 heterocycles. The van der Waals surface area contributed by atoms with E-state index in [9.17, 15) is 0 Å². The first-order valence-corrected chi connectivity index (χ1v) is 4.90. The van der Waals surface area contributed by atoms with Gasteiger partial charge in [0.2, 0.25) is 0 Å². The van der Waals surface area contributed by atoms with Crippen LogP contribution in [0.25, 0.3) is 5.69 Å². The van der Waals surface area contributed by atoms with Crippen LogP contribution in [0, 0.1) is 0 Å². The Labute approximate surface area is 95.8 Å². The van der Waals surface area contributed by atoms with Gasteiger partial charge >= 0.3 is 0 Å². The summed E-state index contributed by atoms with van der Waals surface area (Å²) in [6.45, 7) is 0.242. The van der Waals surface area contributed by atoms with Crippen molar-refractivity contribution >= 4 is 23.2 Å². The van der Waals surface area contributed by atoms with Gasteiger partial charge in [0.05, 0.1) is 17.3 Å². The minimum absolute atomic E-state index is 0.242. The van der Waals surface area contributed by atoms with E-state index in [1.54, 1.807) is 18.2 Å². The summed E-state index contributed by atoms with van der Waals surface area (Å²) >= 11 is 11.8. The van der Waals surface area contributed by atoms with Crippen molar-refractivity contribution in [1.82, 2.24) is 20.2 Å². The summed E-state index contributed by atoms with van der Waals surface area (Å²) in [5.41, 5.74) is 6.14. The van der Waals surface area contributed by atoms with Gasteiger partial charge in [-0.1, -0.05) is 23.2 Å². The maximum Gasteiger partial charge on any atom is 0.170 e. The quantitative estimate of drug-likeness (QED) is 0.867. The number of benzene rings is 1. The van der Waals surface area contributed by atoms with Gasteiger partial charge in [0.25, 0.3) is 0 Å². The summed E-state index contributed by atoms with van der Waals surface area (Å²) in [7, 11) is 0. The van der Waals surface area contributed by atoms with Gasteiger partial charge in [-0.05, 0) is 28.6 Å². The molecular weight excluding hydrogens is 237 g/mol. The summed E-state index contributed by atoms with van der Waals surface area (Å²) in [5.74, 6) is 0.541. The number of hydrogen-bond donors (Lipinski definition) is 1. The average Bonchev–Trinajstić information content (AvgIpc) is 2.65. The molecule has 0 spiro atoms. The van der Waals surface area contributed by atoms with Crippen LogP contribution in [0.3, 0.4) is 0 Å². The molecule has 0 bridgehead atoms. The van der Waals surface area contributed by atoms with Crippen LogP contribution in [0.2, 0.25) is 10.0 Å². The number of nitrogens with two attached hydrogens (primary N) is 1. The zero-order chi connectivity index (χ0) is 10.8. The maximum atomic E-state index is 6.01. The number of halogens is 2. The van der Waals surface area contributed by atoms with Gasteiger partial charge in [0, 0.05) is 5.02 Å². The predicted molar refractivity (Wildman–Crippen MR) is 57.1 cm³/mol. The Morgan fingerprint density at radius 2 is 2.13 bits per heavy atom. The van der Waals surface area contributed by atoms with Gasteiger partial charge in [-0.25, -0.2) is 0 Å². The van der Waals surface area contributed by atoms with Crippen LogP contribution in [0.5, 0.6) is 0 Å². The molecular formula is C8H7Cl2N5. The third-order valence-electron chi connectivity index (χ3n) is 1.85. The first kappa shape index (κ1) is 10.4. The number of tetrazole rings is 1. The molecule has 1 aromatic heterocycles. The van der Waals surface area contributed by atoms with Crippen molar-refractivity contribution in [2.45, 2.75) is 6.54 Å². The number of nitrogens with zero attached hydrogens (tertiary/aromatic N) is 4. The monoisotopic (exact) mass is 243 g/mol. The Morgan fingerprint density at radius 1 is 1.33 bits per heavy atom. The van der Waals surface area contributed by atoms with Crippen LogP contribution < -0.4 is 5.73 Å². The minimum Gasteiger partial charge on any atom is -0.324 e. The second-order valence-corrected chi connectivity index (χ2v) is 3.65. The highest BCUT2D eigenvalue weighted by molar-refractivity contribution is 6.35. The Morgan fingerprint density at radius 3 is 2.80 bits per heavy atom. The molecule has 0 radical (unpaired) electrons. The SMILES string of the molecule is NCc1nnnn1-c1ccc(Cl)cc1Cl. The fourth-order valence-corrected chi connectivity index (χ4v) is 1.66. The molecule has 2 rings (SSSR count). The molecule has 5 nitrogen and oxygen atoms in total.